The Morgan fingerprint density at radius 1 is 1.24 bits per heavy atom. The molecule has 1 heterocycles. The van der Waals surface area contributed by atoms with Crippen molar-refractivity contribution in [2.24, 2.45) is 0 Å². The Labute approximate surface area is 158 Å². The molecule has 6 nitrogen and oxygen atoms in total. The van der Waals surface area contributed by atoms with Crippen molar-refractivity contribution in [1.29, 1.82) is 5.26 Å². The van der Waals surface area contributed by atoms with E-state index in [9.17, 15) is 9.59 Å². The van der Waals surface area contributed by atoms with E-state index in [1.54, 1.807) is 23.4 Å². The number of hydrogen-bond donors (Lipinski definition) is 2. The van der Waals surface area contributed by atoms with E-state index in [0.29, 0.717) is 22.8 Å². The van der Waals surface area contributed by atoms with E-state index >= 15 is 0 Å². The van der Waals surface area contributed by atoms with Gasteiger partial charge in [0.25, 0.3) is 0 Å². The highest BCUT2D eigenvalue weighted by atomic mass is 79.9. The fraction of sp³-hybridized carbons (Fsp3) is 0.235. The molecule has 0 saturated heterocycles. The Hall–Kier alpha value is -2.21. The van der Waals surface area contributed by atoms with Gasteiger partial charge >= 0.3 is 0 Å². The van der Waals surface area contributed by atoms with Crippen molar-refractivity contribution >= 4 is 49.8 Å². The van der Waals surface area contributed by atoms with Crippen LogP contribution in [0.3, 0.4) is 0 Å². The topological polar surface area (TPSA) is 85.2 Å². The molecule has 0 unspecified atom stereocenters. The third-order valence-electron chi connectivity index (χ3n) is 3.32. The summed E-state index contributed by atoms with van der Waals surface area (Å²) in [5, 5.41) is 16.8. The number of benzene rings is 1. The molecule has 0 aliphatic carbocycles. The highest BCUT2D eigenvalue weighted by Crippen LogP contribution is 2.22. The summed E-state index contributed by atoms with van der Waals surface area (Å²) < 4.78 is 0.814. The van der Waals surface area contributed by atoms with Crippen LogP contribution < -0.4 is 10.6 Å². The van der Waals surface area contributed by atoms with E-state index in [2.05, 4.69) is 26.6 Å². The Bertz CT molecular complexity index is 800. The van der Waals surface area contributed by atoms with Crippen molar-refractivity contribution in [1.82, 2.24) is 4.90 Å². The van der Waals surface area contributed by atoms with Gasteiger partial charge in [-0.25, -0.2) is 0 Å². The molecule has 0 spiro atoms. The minimum atomic E-state index is -0.183. The summed E-state index contributed by atoms with van der Waals surface area (Å²) in [5.74, 6) is -0.336. The summed E-state index contributed by atoms with van der Waals surface area (Å²) in [7, 11) is 1.78. The molecule has 0 aliphatic heterocycles. The first kappa shape index (κ1) is 19.1. The van der Waals surface area contributed by atoms with Crippen molar-refractivity contribution in [3.05, 3.63) is 45.7 Å². The molecule has 1 aromatic heterocycles. The highest BCUT2D eigenvalue weighted by molar-refractivity contribution is 9.10. The summed E-state index contributed by atoms with van der Waals surface area (Å²) in [5.41, 5.74) is 1.17. The first-order chi connectivity index (χ1) is 12.0. The van der Waals surface area contributed by atoms with Crippen molar-refractivity contribution in [2.75, 3.05) is 30.8 Å². The zero-order chi connectivity index (χ0) is 18.2. The number of carbonyl (C=O) groups is 2. The molecule has 2 N–H and O–H groups in total. The van der Waals surface area contributed by atoms with E-state index in [1.165, 1.54) is 11.3 Å². The third-order valence-corrected chi connectivity index (χ3v) is 4.84. The van der Waals surface area contributed by atoms with Crippen LogP contribution in [-0.4, -0.2) is 36.9 Å². The fourth-order valence-electron chi connectivity index (χ4n) is 2.05. The lowest BCUT2D eigenvalue weighted by Crippen LogP contribution is -2.32. The van der Waals surface area contributed by atoms with Crippen molar-refractivity contribution in [3.63, 3.8) is 0 Å². The first-order valence-electron chi connectivity index (χ1n) is 7.50. The van der Waals surface area contributed by atoms with Gasteiger partial charge in [-0.1, -0.05) is 12.1 Å². The van der Waals surface area contributed by atoms with Gasteiger partial charge in [0.2, 0.25) is 11.8 Å². The molecular formula is C17H17BrN4O2S. The largest absolute Gasteiger partial charge is 0.324 e. The van der Waals surface area contributed by atoms with E-state index in [4.69, 9.17) is 5.26 Å². The zero-order valence-electron chi connectivity index (χ0n) is 13.6. The maximum Gasteiger partial charge on any atom is 0.238 e. The number of anilines is 2. The normalized spacial score (nSPS) is 10.3. The van der Waals surface area contributed by atoms with Crippen LogP contribution in [0.25, 0.3) is 0 Å². The van der Waals surface area contributed by atoms with Crippen molar-refractivity contribution in [3.8, 4) is 6.07 Å². The number of nitrogens with one attached hydrogen (secondary N) is 2. The Morgan fingerprint density at radius 2 is 2.00 bits per heavy atom. The van der Waals surface area contributed by atoms with Crippen LogP contribution >= 0.6 is 27.3 Å². The summed E-state index contributed by atoms with van der Waals surface area (Å²) in [6, 6.07) is 11.1. The lowest BCUT2D eigenvalue weighted by Gasteiger charge is -2.16. The molecule has 130 valence electrons. The zero-order valence-corrected chi connectivity index (χ0v) is 16.0. The van der Waals surface area contributed by atoms with Crippen LogP contribution in [0.2, 0.25) is 0 Å². The molecule has 0 bridgehead atoms. The number of nitrogens with zero attached hydrogens (tertiary/aromatic N) is 2. The second-order valence-electron chi connectivity index (χ2n) is 5.34. The average molecular weight is 421 g/mol. The molecule has 0 fully saturated rings. The standard InChI is InChI=1S/C17H17BrN4O2S/c1-22(11-16(24)20-14-5-3-2-4-13(14)18)8-6-15(23)21-17-12(10-19)7-9-25-17/h2-5,7,9H,6,8,11H2,1H3,(H,20,24)(H,21,23). The predicted molar refractivity (Wildman–Crippen MR) is 103 cm³/mol. The molecule has 2 rings (SSSR count). The van der Waals surface area contributed by atoms with Crippen LogP contribution in [-0.2, 0) is 9.59 Å². The number of nitriles is 1. The summed E-state index contributed by atoms with van der Waals surface area (Å²) >= 11 is 4.69. The van der Waals surface area contributed by atoms with Crippen LogP contribution in [0, 0.1) is 11.3 Å². The molecule has 0 aliphatic rings. The number of hydrogen-bond acceptors (Lipinski definition) is 5. The van der Waals surface area contributed by atoms with Crippen LogP contribution in [0.1, 0.15) is 12.0 Å². The average Bonchev–Trinajstić information content (AvgIpc) is 3.02. The Morgan fingerprint density at radius 3 is 2.72 bits per heavy atom. The van der Waals surface area contributed by atoms with Crippen LogP contribution in [0.15, 0.2) is 40.2 Å². The molecule has 0 atom stereocenters. The van der Waals surface area contributed by atoms with Gasteiger partial charge in [0.1, 0.15) is 11.1 Å². The van der Waals surface area contributed by atoms with E-state index in [1.807, 2.05) is 30.3 Å². The minimum Gasteiger partial charge on any atom is -0.324 e. The second kappa shape index (κ2) is 9.32. The third kappa shape index (κ3) is 5.98. The monoisotopic (exact) mass is 420 g/mol. The van der Waals surface area contributed by atoms with Gasteiger partial charge in [0.05, 0.1) is 17.8 Å². The number of rotatable bonds is 7. The SMILES string of the molecule is CN(CCC(=O)Nc1sccc1C#N)CC(=O)Nc1ccccc1Br. The lowest BCUT2D eigenvalue weighted by atomic mass is 10.3. The lowest BCUT2D eigenvalue weighted by molar-refractivity contribution is -0.119. The number of para-hydroxylation sites is 1. The van der Waals surface area contributed by atoms with Crippen LogP contribution in [0.4, 0.5) is 10.7 Å². The van der Waals surface area contributed by atoms with E-state index < -0.39 is 0 Å². The van der Waals surface area contributed by atoms with Gasteiger partial charge in [0, 0.05) is 17.4 Å². The maximum atomic E-state index is 12.1. The number of likely N-dealkylation sites (N-methyl/N-ethyl adjacent to an activating group) is 1. The van der Waals surface area contributed by atoms with Crippen LogP contribution in [0.5, 0.6) is 0 Å². The van der Waals surface area contributed by atoms with Gasteiger partial charge in [-0.05, 0) is 46.6 Å². The smallest absolute Gasteiger partial charge is 0.238 e. The van der Waals surface area contributed by atoms with Gasteiger partial charge in [-0.15, -0.1) is 11.3 Å². The summed E-state index contributed by atoms with van der Waals surface area (Å²) in [6.45, 7) is 0.611. The fourth-order valence-corrected chi connectivity index (χ4v) is 3.19. The quantitative estimate of drug-likeness (QED) is 0.719. The van der Waals surface area contributed by atoms with E-state index in [0.717, 1.165) is 4.47 Å². The molecule has 25 heavy (non-hydrogen) atoms. The van der Waals surface area contributed by atoms with Gasteiger partial charge in [0.15, 0.2) is 0 Å². The summed E-state index contributed by atoms with van der Waals surface area (Å²) in [6.07, 6.45) is 0.238. The van der Waals surface area contributed by atoms with Crippen molar-refractivity contribution in [2.45, 2.75) is 6.42 Å². The van der Waals surface area contributed by atoms with E-state index in [-0.39, 0.29) is 24.8 Å². The number of thiophene rings is 1. The number of amides is 2. The first-order valence-corrected chi connectivity index (χ1v) is 9.17. The molecule has 1 aromatic carbocycles. The molecule has 2 amide bonds. The van der Waals surface area contributed by atoms with Crippen molar-refractivity contribution < 1.29 is 9.59 Å². The Balaban J connectivity index is 1.75. The molecule has 0 radical (unpaired) electrons. The Kier molecular flexibility index (Phi) is 7.13. The molecule has 2 aromatic rings. The predicted octanol–water partition coefficient (Wildman–Crippen LogP) is 3.28. The molecule has 0 saturated carbocycles. The van der Waals surface area contributed by atoms with Gasteiger partial charge in [-0.3, -0.25) is 14.5 Å². The van der Waals surface area contributed by atoms with Gasteiger partial charge in [-0.2, -0.15) is 5.26 Å². The summed E-state index contributed by atoms with van der Waals surface area (Å²) in [4.78, 5) is 25.8. The molecular weight excluding hydrogens is 404 g/mol. The maximum absolute atomic E-state index is 12.1. The minimum absolute atomic E-state index is 0.153. The highest BCUT2D eigenvalue weighted by Gasteiger charge is 2.12. The number of halogens is 1. The second-order valence-corrected chi connectivity index (χ2v) is 7.11. The molecule has 8 heteroatoms. The number of carbonyl (C=O) groups excluding carboxylic acids is 2. The van der Waals surface area contributed by atoms with Gasteiger partial charge < -0.3 is 10.6 Å².